The Kier molecular flexibility index (Phi) is 5.65. The van der Waals surface area contributed by atoms with E-state index in [4.69, 9.17) is 10.5 Å². The molecule has 0 saturated heterocycles. The first-order valence-electron chi connectivity index (χ1n) is 6.29. The lowest BCUT2D eigenvalue weighted by Gasteiger charge is -2.14. The van der Waals surface area contributed by atoms with Gasteiger partial charge in [0.05, 0.1) is 13.2 Å². The predicted octanol–water partition coefficient (Wildman–Crippen LogP) is 2.46. The summed E-state index contributed by atoms with van der Waals surface area (Å²) in [7, 11) is 1.62. The number of methoxy groups -OCH3 is 1. The maximum Gasteiger partial charge on any atom is 0.241 e. The summed E-state index contributed by atoms with van der Waals surface area (Å²) in [6, 6.07) is 5.10. The molecule has 1 rings (SSSR count). The summed E-state index contributed by atoms with van der Waals surface area (Å²) in [6.45, 7) is 4.01. The lowest BCUT2D eigenvalue weighted by Crippen LogP contribution is -2.35. The average molecular weight is 250 g/mol. The number of ether oxygens (including phenoxy) is 1. The van der Waals surface area contributed by atoms with Crippen LogP contribution in [0.3, 0.4) is 0 Å². The van der Waals surface area contributed by atoms with Gasteiger partial charge in [-0.3, -0.25) is 4.79 Å². The largest absolute Gasteiger partial charge is 0.497 e. The fourth-order valence-electron chi connectivity index (χ4n) is 1.68. The number of anilines is 1. The lowest BCUT2D eigenvalue weighted by molar-refractivity contribution is -0.117. The minimum atomic E-state index is -0.438. The van der Waals surface area contributed by atoms with Gasteiger partial charge < -0.3 is 15.8 Å². The number of hydrogen-bond donors (Lipinski definition) is 2. The van der Waals surface area contributed by atoms with Crippen LogP contribution in [0, 0.1) is 6.92 Å². The van der Waals surface area contributed by atoms with Gasteiger partial charge in [-0.05, 0) is 37.1 Å². The first-order valence-corrected chi connectivity index (χ1v) is 6.29. The minimum Gasteiger partial charge on any atom is -0.497 e. The summed E-state index contributed by atoms with van der Waals surface area (Å²) < 4.78 is 5.12. The van der Waals surface area contributed by atoms with Crippen molar-refractivity contribution in [3.8, 4) is 5.75 Å². The Hall–Kier alpha value is -1.55. The number of nitrogens with one attached hydrogen (secondary N) is 1. The molecule has 0 spiro atoms. The third-order valence-corrected chi connectivity index (χ3v) is 2.90. The zero-order chi connectivity index (χ0) is 13.5. The summed E-state index contributed by atoms with van der Waals surface area (Å²) in [6.07, 6.45) is 2.73. The molecular weight excluding hydrogens is 228 g/mol. The molecule has 0 aliphatic rings. The number of carbonyl (C=O) groups excluding carboxylic acids is 1. The van der Waals surface area contributed by atoms with Crippen LogP contribution in [0.4, 0.5) is 5.69 Å². The number of amides is 1. The third kappa shape index (κ3) is 4.04. The number of nitrogens with two attached hydrogens (primary N) is 1. The van der Waals surface area contributed by atoms with Crippen LogP contribution in [0.5, 0.6) is 5.75 Å². The van der Waals surface area contributed by atoms with E-state index in [1.807, 2.05) is 25.1 Å². The van der Waals surface area contributed by atoms with Crippen molar-refractivity contribution < 1.29 is 9.53 Å². The quantitative estimate of drug-likeness (QED) is 0.815. The molecule has 4 heteroatoms. The third-order valence-electron chi connectivity index (χ3n) is 2.90. The maximum absolute atomic E-state index is 11.9. The Morgan fingerprint density at radius 3 is 2.78 bits per heavy atom. The van der Waals surface area contributed by atoms with Crippen LogP contribution in [0.15, 0.2) is 18.2 Å². The fraction of sp³-hybridized carbons (Fsp3) is 0.500. The summed E-state index contributed by atoms with van der Waals surface area (Å²) in [5.41, 5.74) is 7.57. The van der Waals surface area contributed by atoms with Gasteiger partial charge >= 0.3 is 0 Å². The molecule has 1 amide bonds. The SMILES string of the molecule is CCCCC(N)C(=O)Nc1ccc(OC)cc1C. The molecule has 0 aromatic heterocycles. The van der Waals surface area contributed by atoms with Gasteiger partial charge in [-0.25, -0.2) is 0 Å². The van der Waals surface area contributed by atoms with E-state index in [1.54, 1.807) is 7.11 Å². The van der Waals surface area contributed by atoms with Gasteiger partial charge in [0.1, 0.15) is 5.75 Å². The van der Waals surface area contributed by atoms with Crippen LogP contribution >= 0.6 is 0 Å². The lowest BCUT2D eigenvalue weighted by atomic mass is 10.1. The molecule has 1 aromatic rings. The van der Waals surface area contributed by atoms with Crippen molar-refractivity contribution in [2.24, 2.45) is 5.73 Å². The summed E-state index contributed by atoms with van der Waals surface area (Å²) >= 11 is 0. The van der Waals surface area contributed by atoms with Crippen LogP contribution in [-0.4, -0.2) is 19.1 Å². The Balaban J connectivity index is 2.64. The van der Waals surface area contributed by atoms with E-state index in [1.165, 1.54) is 0 Å². The van der Waals surface area contributed by atoms with Crippen LogP contribution < -0.4 is 15.8 Å². The molecule has 0 heterocycles. The molecule has 4 nitrogen and oxygen atoms in total. The molecule has 1 aromatic carbocycles. The van der Waals surface area contributed by atoms with Crippen molar-refractivity contribution in [3.05, 3.63) is 23.8 Å². The van der Waals surface area contributed by atoms with Crippen molar-refractivity contribution in [2.45, 2.75) is 39.2 Å². The molecule has 1 atom stereocenters. The highest BCUT2D eigenvalue weighted by molar-refractivity contribution is 5.95. The van der Waals surface area contributed by atoms with Gasteiger partial charge in [-0.15, -0.1) is 0 Å². The number of rotatable bonds is 6. The average Bonchev–Trinajstić information content (AvgIpc) is 2.38. The van der Waals surface area contributed by atoms with Gasteiger partial charge in [0.25, 0.3) is 0 Å². The van der Waals surface area contributed by atoms with E-state index in [-0.39, 0.29) is 5.91 Å². The van der Waals surface area contributed by atoms with E-state index in [9.17, 15) is 4.79 Å². The predicted molar refractivity (Wildman–Crippen MR) is 73.9 cm³/mol. The molecular formula is C14H22N2O2. The van der Waals surface area contributed by atoms with Gasteiger partial charge in [-0.2, -0.15) is 0 Å². The highest BCUT2D eigenvalue weighted by Crippen LogP contribution is 2.21. The summed E-state index contributed by atoms with van der Waals surface area (Å²) in [5.74, 6) is 0.650. The second-order valence-electron chi connectivity index (χ2n) is 4.42. The maximum atomic E-state index is 11.9. The van der Waals surface area contributed by atoms with Gasteiger partial charge in [0, 0.05) is 5.69 Å². The molecule has 18 heavy (non-hydrogen) atoms. The first kappa shape index (κ1) is 14.5. The molecule has 0 radical (unpaired) electrons. The molecule has 0 saturated carbocycles. The molecule has 0 aliphatic carbocycles. The van der Waals surface area contributed by atoms with E-state index in [2.05, 4.69) is 12.2 Å². The van der Waals surface area contributed by atoms with Crippen LogP contribution in [0.2, 0.25) is 0 Å². The van der Waals surface area contributed by atoms with E-state index < -0.39 is 6.04 Å². The number of hydrogen-bond acceptors (Lipinski definition) is 3. The van der Waals surface area contributed by atoms with Crippen LogP contribution in [0.1, 0.15) is 31.7 Å². The Morgan fingerprint density at radius 2 is 2.22 bits per heavy atom. The smallest absolute Gasteiger partial charge is 0.241 e. The van der Waals surface area contributed by atoms with E-state index in [0.29, 0.717) is 0 Å². The molecule has 0 aliphatic heterocycles. The normalized spacial score (nSPS) is 12.0. The number of unbranched alkanes of at least 4 members (excludes halogenated alkanes) is 1. The van der Waals surface area contributed by atoms with Crippen molar-refractivity contribution in [1.82, 2.24) is 0 Å². The van der Waals surface area contributed by atoms with Gasteiger partial charge in [0.15, 0.2) is 0 Å². The van der Waals surface area contributed by atoms with Crippen LogP contribution in [-0.2, 0) is 4.79 Å². The van der Waals surface area contributed by atoms with E-state index >= 15 is 0 Å². The molecule has 0 fully saturated rings. The Morgan fingerprint density at radius 1 is 1.50 bits per heavy atom. The van der Waals surface area contributed by atoms with E-state index in [0.717, 1.165) is 36.3 Å². The molecule has 0 bridgehead atoms. The monoisotopic (exact) mass is 250 g/mol. The first-order chi connectivity index (χ1) is 8.58. The zero-order valence-corrected chi connectivity index (χ0v) is 11.3. The standard InChI is InChI=1S/C14H22N2O2/c1-4-5-6-12(15)14(17)16-13-8-7-11(18-3)9-10(13)2/h7-9,12H,4-6,15H2,1-3H3,(H,16,17). The minimum absolute atomic E-state index is 0.128. The number of benzene rings is 1. The fourth-order valence-corrected chi connectivity index (χ4v) is 1.68. The second-order valence-corrected chi connectivity index (χ2v) is 4.42. The van der Waals surface area contributed by atoms with Crippen molar-refractivity contribution in [1.29, 1.82) is 0 Å². The highest BCUT2D eigenvalue weighted by atomic mass is 16.5. The zero-order valence-electron chi connectivity index (χ0n) is 11.3. The molecule has 100 valence electrons. The summed E-state index contributed by atoms with van der Waals surface area (Å²) in [4.78, 5) is 11.9. The van der Waals surface area contributed by atoms with Crippen molar-refractivity contribution >= 4 is 11.6 Å². The molecule has 1 unspecified atom stereocenters. The van der Waals surface area contributed by atoms with Gasteiger partial charge in [-0.1, -0.05) is 19.8 Å². The van der Waals surface area contributed by atoms with Crippen molar-refractivity contribution in [2.75, 3.05) is 12.4 Å². The van der Waals surface area contributed by atoms with Crippen molar-refractivity contribution in [3.63, 3.8) is 0 Å². The Bertz CT molecular complexity index is 405. The van der Waals surface area contributed by atoms with Gasteiger partial charge in [0.2, 0.25) is 5.91 Å². The summed E-state index contributed by atoms with van der Waals surface area (Å²) in [5, 5.41) is 2.85. The topological polar surface area (TPSA) is 64.4 Å². The molecule has 3 N–H and O–H groups in total. The highest BCUT2D eigenvalue weighted by Gasteiger charge is 2.13. The number of carbonyl (C=O) groups is 1. The van der Waals surface area contributed by atoms with Crippen LogP contribution in [0.25, 0.3) is 0 Å². The second kappa shape index (κ2) is 7.01. The Labute approximate surface area is 109 Å². The number of aryl methyl sites for hydroxylation is 1.